The summed E-state index contributed by atoms with van der Waals surface area (Å²) in [7, 11) is 3.23. The standard InChI is InChI=1S/C12H18N4O3/c1-14-9(5-6-11(14)16(18)19)12(17)15(2)10(7-13)8-3-4-8/h5-6,8,10H,3-4,7,13H2,1-2H3. The Balaban J connectivity index is 2.21. The SMILES string of the molecule is CN(C(=O)c1ccc([N+](=O)[O-])n1C)C(CN)C1CC1. The van der Waals surface area contributed by atoms with E-state index in [1.165, 1.54) is 23.7 Å². The Morgan fingerprint density at radius 3 is 2.68 bits per heavy atom. The van der Waals surface area contributed by atoms with Crippen LogP contribution in [0.5, 0.6) is 0 Å². The van der Waals surface area contributed by atoms with E-state index in [2.05, 4.69) is 0 Å². The van der Waals surface area contributed by atoms with Gasteiger partial charge in [0.2, 0.25) is 0 Å². The van der Waals surface area contributed by atoms with E-state index in [0.29, 0.717) is 18.2 Å². The molecule has 19 heavy (non-hydrogen) atoms. The van der Waals surface area contributed by atoms with E-state index in [4.69, 9.17) is 5.73 Å². The first-order valence-electron chi connectivity index (χ1n) is 6.24. The van der Waals surface area contributed by atoms with E-state index in [0.717, 1.165) is 12.8 Å². The maximum Gasteiger partial charge on any atom is 0.323 e. The molecule has 7 heteroatoms. The van der Waals surface area contributed by atoms with Crippen LogP contribution in [0.15, 0.2) is 12.1 Å². The number of likely N-dealkylation sites (N-methyl/N-ethyl adjacent to an activating group) is 1. The van der Waals surface area contributed by atoms with Crippen molar-refractivity contribution in [1.29, 1.82) is 0 Å². The fourth-order valence-electron chi connectivity index (χ4n) is 2.38. The van der Waals surface area contributed by atoms with Gasteiger partial charge in [0, 0.05) is 25.7 Å². The molecule has 1 fully saturated rings. The van der Waals surface area contributed by atoms with Gasteiger partial charge in [0.1, 0.15) is 0 Å². The number of hydrogen-bond acceptors (Lipinski definition) is 4. The van der Waals surface area contributed by atoms with Gasteiger partial charge in [0.25, 0.3) is 5.91 Å². The van der Waals surface area contributed by atoms with Crippen molar-refractivity contribution in [2.24, 2.45) is 18.7 Å². The molecule has 1 heterocycles. The molecule has 0 bridgehead atoms. The molecule has 1 aromatic rings. The summed E-state index contributed by atoms with van der Waals surface area (Å²) in [6, 6.07) is 2.84. The second-order valence-corrected chi connectivity index (χ2v) is 4.95. The third-order valence-electron chi connectivity index (χ3n) is 3.73. The number of amides is 1. The first kappa shape index (κ1) is 13.5. The maximum atomic E-state index is 12.4. The maximum absolute atomic E-state index is 12.4. The largest absolute Gasteiger partial charge is 0.358 e. The summed E-state index contributed by atoms with van der Waals surface area (Å²) < 4.78 is 1.30. The summed E-state index contributed by atoms with van der Waals surface area (Å²) in [6.45, 7) is 0.416. The van der Waals surface area contributed by atoms with Crippen LogP contribution in [-0.4, -0.2) is 39.9 Å². The predicted molar refractivity (Wildman–Crippen MR) is 69.7 cm³/mol. The number of nitro groups is 1. The lowest BCUT2D eigenvalue weighted by Gasteiger charge is -2.26. The fraction of sp³-hybridized carbons (Fsp3) is 0.583. The monoisotopic (exact) mass is 266 g/mol. The molecule has 1 aliphatic carbocycles. The quantitative estimate of drug-likeness (QED) is 0.628. The lowest BCUT2D eigenvalue weighted by Crippen LogP contribution is -2.43. The van der Waals surface area contributed by atoms with Gasteiger partial charge >= 0.3 is 5.82 Å². The molecule has 1 atom stereocenters. The van der Waals surface area contributed by atoms with E-state index in [1.807, 2.05) is 0 Å². The van der Waals surface area contributed by atoms with Crippen LogP contribution in [0.3, 0.4) is 0 Å². The van der Waals surface area contributed by atoms with Gasteiger partial charge in [0.15, 0.2) is 5.69 Å². The number of rotatable bonds is 5. The molecule has 1 amide bonds. The van der Waals surface area contributed by atoms with E-state index in [9.17, 15) is 14.9 Å². The smallest absolute Gasteiger partial charge is 0.323 e. The number of aromatic nitrogens is 1. The summed E-state index contributed by atoms with van der Waals surface area (Å²) in [4.78, 5) is 24.2. The molecular formula is C12H18N4O3. The normalized spacial score (nSPS) is 16.2. The highest BCUT2D eigenvalue weighted by atomic mass is 16.6. The van der Waals surface area contributed by atoms with Gasteiger partial charge in [-0.05, 0) is 29.7 Å². The molecule has 2 rings (SSSR count). The Morgan fingerprint density at radius 2 is 2.26 bits per heavy atom. The van der Waals surface area contributed by atoms with Crippen LogP contribution in [0.1, 0.15) is 23.3 Å². The molecule has 1 saturated carbocycles. The second kappa shape index (κ2) is 5.00. The minimum Gasteiger partial charge on any atom is -0.358 e. The van der Waals surface area contributed by atoms with Crippen molar-refractivity contribution in [3.8, 4) is 0 Å². The van der Waals surface area contributed by atoms with Gasteiger partial charge in [-0.25, -0.2) is 4.57 Å². The zero-order valence-corrected chi connectivity index (χ0v) is 11.1. The van der Waals surface area contributed by atoms with Crippen LogP contribution in [0.4, 0.5) is 5.82 Å². The molecule has 0 aromatic carbocycles. The molecule has 1 aliphatic rings. The van der Waals surface area contributed by atoms with Gasteiger partial charge in [-0.2, -0.15) is 0 Å². The summed E-state index contributed by atoms with van der Waals surface area (Å²) in [5.74, 6) is 0.152. The Bertz CT molecular complexity index is 507. The summed E-state index contributed by atoms with van der Waals surface area (Å²) in [6.07, 6.45) is 2.18. The highest BCUT2D eigenvalue weighted by molar-refractivity contribution is 5.93. The van der Waals surface area contributed by atoms with E-state index >= 15 is 0 Å². The lowest BCUT2D eigenvalue weighted by atomic mass is 10.1. The minimum atomic E-state index is -0.502. The van der Waals surface area contributed by atoms with Gasteiger partial charge < -0.3 is 20.7 Å². The Labute approximate surface area is 111 Å². The zero-order valence-electron chi connectivity index (χ0n) is 11.1. The minimum absolute atomic E-state index is 0.0152. The third-order valence-corrected chi connectivity index (χ3v) is 3.73. The van der Waals surface area contributed by atoms with Gasteiger partial charge in [-0.3, -0.25) is 4.79 Å². The van der Waals surface area contributed by atoms with Crippen molar-refractivity contribution in [1.82, 2.24) is 9.47 Å². The molecule has 2 N–H and O–H groups in total. The topological polar surface area (TPSA) is 94.4 Å². The number of nitrogens with zero attached hydrogens (tertiary/aromatic N) is 3. The molecule has 7 nitrogen and oxygen atoms in total. The number of carbonyl (C=O) groups is 1. The summed E-state index contributed by atoms with van der Waals surface area (Å²) in [5.41, 5.74) is 6.03. The van der Waals surface area contributed by atoms with Crippen molar-refractivity contribution in [2.75, 3.05) is 13.6 Å². The molecular weight excluding hydrogens is 248 g/mol. The number of nitrogens with two attached hydrogens (primary N) is 1. The molecule has 0 spiro atoms. The van der Waals surface area contributed by atoms with Crippen LogP contribution in [0.2, 0.25) is 0 Å². The second-order valence-electron chi connectivity index (χ2n) is 4.95. The van der Waals surface area contributed by atoms with E-state index in [-0.39, 0.29) is 17.8 Å². The average Bonchev–Trinajstić information content (AvgIpc) is 3.11. The van der Waals surface area contributed by atoms with E-state index in [1.54, 1.807) is 11.9 Å². The number of hydrogen-bond donors (Lipinski definition) is 1. The Kier molecular flexibility index (Phi) is 3.57. The van der Waals surface area contributed by atoms with Gasteiger partial charge in [0.05, 0.1) is 7.05 Å². The molecule has 1 aromatic heterocycles. The molecule has 0 saturated heterocycles. The predicted octanol–water partition coefficient (Wildman–Crippen LogP) is 0.743. The van der Waals surface area contributed by atoms with Crippen molar-refractivity contribution in [3.63, 3.8) is 0 Å². The fourth-order valence-corrected chi connectivity index (χ4v) is 2.38. The Morgan fingerprint density at radius 1 is 1.63 bits per heavy atom. The first-order valence-corrected chi connectivity index (χ1v) is 6.24. The molecule has 1 unspecified atom stereocenters. The van der Waals surface area contributed by atoms with Crippen LogP contribution in [0, 0.1) is 16.0 Å². The summed E-state index contributed by atoms with van der Waals surface area (Å²) >= 11 is 0. The van der Waals surface area contributed by atoms with Crippen molar-refractivity contribution >= 4 is 11.7 Å². The average molecular weight is 266 g/mol. The summed E-state index contributed by atoms with van der Waals surface area (Å²) in [5, 5.41) is 10.8. The highest BCUT2D eigenvalue weighted by Crippen LogP contribution is 2.35. The zero-order chi connectivity index (χ0) is 14.2. The Hall–Kier alpha value is -1.89. The van der Waals surface area contributed by atoms with Crippen LogP contribution in [0.25, 0.3) is 0 Å². The van der Waals surface area contributed by atoms with Crippen LogP contribution in [-0.2, 0) is 7.05 Å². The van der Waals surface area contributed by atoms with Crippen molar-refractivity contribution < 1.29 is 9.72 Å². The lowest BCUT2D eigenvalue weighted by molar-refractivity contribution is -0.391. The highest BCUT2D eigenvalue weighted by Gasteiger charge is 2.36. The molecule has 104 valence electrons. The molecule has 0 aliphatic heterocycles. The van der Waals surface area contributed by atoms with Gasteiger partial charge in [-0.15, -0.1) is 0 Å². The van der Waals surface area contributed by atoms with E-state index < -0.39 is 4.92 Å². The van der Waals surface area contributed by atoms with Gasteiger partial charge in [-0.1, -0.05) is 0 Å². The number of carbonyl (C=O) groups excluding carboxylic acids is 1. The first-order chi connectivity index (χ1) is 8.97. The van der Waals surface area contributed by atoms with Crippen LogP contribution >= 0.6 is 0 Å². The van der Waals surface area contributed by atoms with Crippen molar-refractivity contribution in [2.45, 2.75) is 18.9 Å². The third kappa shape index (κ3) is 2.46. The molecule has 0 radical (unpaired) electrons. The van der Waals surface area contributed by atoms with Crippen LogP contribution < -0.4 is 5.73 Å². The van der Waals surface area contributed by atoms with Crippen molar-refractivity contribution in [3.05, 3.63) is 27.9 Å².